The predicted octanol–water partition coefficient (Wildman–Crippen LogP) is 21.5. The van der Waals surface area contributed by atoms with Crippen LogP contribution in [0, 0.1) is 0 Å². The van der Waals surface area contributed by atoms with E-state index in [4.69, 9.17) is 18.9 Å². The third-order valence-corrected chi connectivity index (χ3v) is 14.0. The minimum atomic E-state index is -1.53. The molecular weight excluding hydrogens is 1080 g/mol. The van der Waals surface area contributed by atoms with Crippen LogP contribution in [0.15, 0.2) is 170 Å². The van der Waals surface area contributed by atoms with Gasteiger partial charge in [0.15, 0.2) is 6.10 Å². The highest BCUT2D eigenvalue weighted by Crippen LogP contribution is 2.14. The van der Waals surface area contributed by atoms with Gasteiger partial charge in [0.05, 0.1) is 34.4 Å². The van der Waals surface area contributed by atoms with Crippen LogP contribution in [0.3, 0.4) is 0 Å². The lowest BCUT2D eigenvalue weighted by molar-refractivity contribution is -0.870. The maximum Gasteiger partial charge on any atom is 0.361 e. The van der Waals surface area contributed by atoms with Crippen LogP contribution < -0.4 is 0 Å². The first-order chi connectivity index (χ1) is 42.6. The second kappa shape index (κ2) is 66.6. The number of rotatable bonds is 61. The Labute approximate surface area is 533 Å². The fourth-order valence-electron chi connectivity index (χ4n) is 8.73. The average molecular weight is 1210 g/mol. The molecule has 0 aromatic rings. The Morgan fingerprint density at radius 3 is 0.977 bits per heavy atom. The molecule has 0 radical (unpaired) electrons. The van der Waals surface area contributed by atoms with Crippen molar-refractivity contribution < 1.29 is 42.9 Å². The minimum Gasteiger partial charge on any atom is -0.477 e. The van der Waals surface area contributed by atoms with Gasteiger partial charge < -0.3 is 28.5 Å². The highest BCUT2D eigenvalue weighted by molar-refractivity contribution is 5.71. The third-order valence-electron chi connectivity index (χ3n) is 14.0. The lowest BCUT2D eigenvalue weighted by atomic mass is 10.1. The molecule has 0 rings (SSSR count). The molecule has 0 aliphatic carbocycles. The van der Waals surface area contributed by atoms with E-state index >= 15 is 0 Å². The van der Waals surface area contributed by atoms with E-state index < -0.39 is 24.3 Å². The van der Waals surface area contributed by atoms with Gasteiger partial charge in [-0.3, -0.25) is 9.59 Å². The standard InChI is InChI=1S/C78H125NO8/c1-6-8-10-12-14-16-18-20-22-24-26-28-29-30-31-32-33-34-35-36-37-38-39-40-41-42-43-44-45-46-47-49-51-53-55-57-59-61-63-65-67-69-76(81)87-74(73-86-78(77(82)83)84-71-70-79(3,4)5)72-85-75(80)68-66-64-62-60-58-56-54-52-50-48-27-25-23-21-19-17-15-13-11-9-7-2/h8,10,14,16,19-22,25-28,30-31,33-34,36-37,39-40,42-43,45-46,49-52,74,78H,6-7,9,11-13,15,17-18,23-24,29,32,35,38,41,44,47-48,53-73H2,1-5H3/p+1/b10-8-,16-14-,21-19-,22-20-,27-25-,28-26-,31-30-,34-33-,37-36-,40-39-,43-42-,46-45-,51-49-,52-50-. The van der Waals surface area contributed by atoms with Crippen molar-refractivity contribution in [3.8, 4) is 0 Å². The third kappa shape index (κ3) is 68.0. The maximum atomic E-state index is 12.9. The van der Waals surface area contributed by atoms with E-state index in [1.54, 1.807) is 0 Å². The summed E-state index contributed by atoms with van der Waals surface area (Å²) in [4.78, 5) is 37.6. The molecule has 0 aliphatic rings. The van der Waals surface area contributed by atoms with E-state index in [1.165, 1.54) is 70.6 Å². The first-order valence-electron chi connectivity index (χ1n) is 34.3. The predicted molar refractivity (Wildman–Crippen MR) is 373 cm³/mol. The molecule has 87 heavy (non-hydrogen) atoms. The van der Waals surface area contributed by atoms with Crippen LogP contribution in [0.2, 0.25) is 0 Å². The van der Waals surface area contributed by atoms with Gasteiger partial charge in [-0.15, -0.1) is 0 Å². The summed E-state index contributed by atoms with van der Waals surface area (Å²) in [5, 5.41) is 9.73. The van der Waals surface area contributed by atoms with Crippen LogP contribution in [0.4, 0.5) is 0 Å². The molecule has 2 atom stereocenters. The SMILES string of the molecule is CC/C=C\C/C=C\C/C=C\C/C=C\C/C=C\C/C=C\C/C=C\C/C=C\C/C=C\C/C=C\C/C=C\CCCCCCCCCC(=O)OC(COC(=O)CCCCCCCC/C=C\C/C=C\C/C=C\CCCCCCC)COC(OCC[N+](C)(C)C)C(=O)O. The van der Waals surface area contributed by atoms with E-state index in [0.717, 1.165) is 141 Å². The van der Waals surface area contributed by atoms with Crippen molar-refractivity contribution in [2.24, 2.45) is 0 Å². The fraction of sp³-hybridized carbons (Fsp3) is 0.603. The van der Waals surface area contributed by atoms with Crippen molar-refractivity contribution in [1.29, 1.82) is 0 Å². The Balaban J connectivity index is 4.23. The summed E-state index contributed by atoms with van der Waals surface area (Å²) in [6.45, 7) is 4.71. The van der Waals surface area contributed by atoms with Gasteiger partial charge in [-0.25, -0.2) is 4.79 Å². The number of esters is 2. The molecule has 0 spiro atoms. The quantitative estimate of drug-likeness (QED) is 0.0211. The summed E-state index contributed by atoms with van der Waals surface area (Å²) in [7, 11) is 5.95. The molecule has 0 aromatic heterocycles. The van der Waals surface area contributed by atoms with Gasteiger partial charge in [0.25, 0.3) is 6.29 Å². The second-order valence-electron chi connectivity index (χ2n) is 23.4. The zero-order chi connectivity index (χ0) is 63.3. The molecule has 0 aliphatic heterocycles. The van der Waals surface area contributed by atoms with Crippen LogP contribution in [0.25, 0.3) is 0 Å². The number of likely N-dealkylation sites (N-methyl/N-ethyl adjacent to an activating group) is 1. The van der Waals surface area contributed by atoms with E-state index in [-0.39, 0.29) is 38.6 Å². The topological polar surface area (TPSA) is 108 Å². The number of ether oxygens (including phenoxy) is 4. The van der Waals surface area contributed by atoms with Crippen LogP contribution in [0.5, 0.6) is 0 Å². The van der Waals surface area contributed by atoms with Gasteiger partial charge in [0.2, 0.25) is 0 Å². The molecule has 9 heteroatoms. The number of carboxylic acids is 1. The van der Waals surface area contributed by atoms with Crippen molar-refractivity contribution >= 4 is 17.9 Å². The van der Waals surface area contributed by atoms with Crippen molar-refractivity contribution in [1.82, 2.24) is 0 Å². The molecule has 490 valence electrons. The number of carbonyl (C=O) groups is 3. The molecule has 0 saturated carbocycles. The molecular formula is C78H126NO8+. The van der Waals surface area contributed by atoms with Crippen LogP contribution in [-0.2, 0) is 33.3 Å². The van der Waals surface area contributed by atoms with E-state index in [1.807, 2.05) is 21.1 Å². The second-order valence-corrected chi connectivity index (χ2v) is 23.4. The summed E-state index contributed by atoms with van der Waals surface area (Å²) < 4.78 is 22.9. The summed E-state index contributed by atoms with van der Waals surface area (Å²) in [5.41, 5.74) is 0. The number of carboxylic acid groups (broad SMARTS) is 1. The Hall–Kier alpha value is -5.35. The highest BCUT2D eigenvalue weighted by Gasteiger charge is 2.25. The average Bonchev–Trinajstić information content (AvgIpc) is 3.59. The van der Waals surface area contributed by atoms with Crippen molar-refractivity contribution in [2.45, 2.75) is 257 Å². The van der Waals surface area contributed by atoms with E-state index in [2.05, 4.69) is 184 Å². The lowest BCUT2D eigenvalue weighted by Crippen LogP contribution is -2.40. The molecule has 9 nitrogen and oxygen atoms in total. The first-order valence-corrected chi connectivity index (χ1v) is 34.3. The number of carbonyl (C=O) groups excluding carboxylic acids is 2. The Bertz CT molecular complexity index is 2030. The highest BCUT2D eigenvalue weighted by atomic mass is 16.7. The lowest BCUT2D eigenvalue weighted by Gasteiger charge is -2.25. The van der Waals surface area contributed by atoms with E-state index in [0.29, 0.717) is 17.4 Å². The fourth-order valence-corrected chi connectivity index (χ4v) is 8.73. The molecule has 0 heterocycles. The number of hydrogen-bond acceptors (Lipinski definition) is 7. The number of allylic oxidation sites excluding steroid dienone is 28. The largest absolute Gasteiger partial charge is 0.477 e. The molecule has 1 N–H and O–H groups in total. The van der Waals surface area contributed by atoms with Gasteiger partial charge in [0.1, 0.15) is 13.2 Å². The van der Waals surface area contributed by atoms with Gasteiger partial charge in [-0.2, -0.15) is 0 Å². The Morgan fingerprint density at radius 1 is 0.356 bits per heavy atom. The smallest absolute Gasteiger partial charge is 0.361 e. The van der Waals surface area contributed by atoms with Crippen LogP contribution in [0.1, 0.15) is 245 Å². The number of aliphatic carboxylic acids is 1. The number of nitrogens with zero attached hydrogens (tertiary/aromatic N) is 1. The van der Waals surface area contributed by atoms with Gasteiger partial charge >= 0.3 is 17.9 Å². The van der Waals surface area contributed by atoms with Crippen molar-refractivity contribution in [3.63, 3.8) is 0 Å². The first kappa shape index (κ1) is 81.7. The zero-order valence-corrected chi connectivity index (χ0v) is 55.9. The normalized spacial score (nSPS) is 13.8. The monoisotopic (exact) mass is 1200 g/mol. The number of unbranched alkanes of at least 4 members (excludes halogenated alkanes) is 18. The number of quaternary nitrogens is 1. The van der Waals surface area contributed by atoms with Gasteiger partial charge in [-0.1, -0.05) is 267 Å². The minimum absolute atomic E-state index is 0.174. The maximum absolute atomic E-state index is 12.9. The molecule has 0 amide bonds. The summed E-state index contributed by atoms with van der Waals surface area (Å²) in [6, 6.07) is 0. The summed E-state index contributed by atoms with van der Waals surface area (Å²) >= 11 is 0. The molecule has 0 bridgehead atoms. The zero-order valence-electron chi connectivity index (χ0n) is 55.9. The molecule has 2 unspecified atom stereocenters. The molecule has 0 saturated heterocycles. The molecule has 0 aromatic carbocycles. The summed E-state index contributed by atoms with van der Waals surface area (Å²) in [5.74, 6) is -2.05. The summed E-state index contributed by atoms with van der Waals surface area (Å²) in [6.07, 6.45) is 97.4. The molecule has 0 fully saturated rings. The van der Waals surface area contributed by atoms with Crippen molar-refractivity contribution in [2.75, 3.05) is 47.5 Å². The number of hydrogen-bond donors (Lipinski definition) is 1. The van der Waals surface area contributed by atoms with Gasteiger partial charge in [-0.05, 0) is 135 Å². The van der Waals surface area contributed by atoms with Gasteiger partial charge in [0, 0.05) is 12.8 Å². The Morgan fingerprint density at radius 2 is 0.655 bits per heavy atom. The van der Waals surface area contributed by atoms with E-state index in [9.17, 15) is 19.5 Å². The van der Waals surface area contributed by atoms with Crippen molar-refractivity contribution in [3.05, 3.63) is 170 Å². The Kier molecular flexibility index (Phi) is 62.5. The van der Waals surface area contributed by atoms with Crippen LogP contribution in [-0.4, -0.2) is 87.4 Å². The van der Waals surface area contributed by atoms with Crippen LogP contribution >= 0.6 is 0 Å².